The van der Waals surface area contributed by atoms with Crippen LogP contribution in [0.2, 0.25) is 0 Å². The summed E-state index contributed by atoms with van der Waals surface area (Å²) in [6.45, 7) is 0. The van der Waals surface area contributed by atoms with Gasteiger partial charge in [-0.15, -0.1) is 0 Å². The maximum absolute atomic E-state index is 3.74. The third-order valence-electron chi connectivity index (χ3n) is 3.53. The molecular formula is C16H9Si. The van der Waals surface area contributed by atoms with Crippen LogP contribution >= 0.6 is 0 Å². The Hall–Kier alpha value is -1.86. The Labute approximate surface area is 103 Å². The highest BCUT2D eigenvalue weighted by Gasteiger charge is 2.21. The fraction of sp³-hybridized carbons (Fsp3) is 0. The van der Waals surface area contributed by atoms with E-state index in [0.29, 0.717) is 0 Å². The summed E-state index contributed by atoms with van der Waals surface area (Å²) in [4.78, 5) is 0. The Kier molecular flexibility index (Phi) is 1.67. The average molecular weight is 229 g/mol. The summed E-state index contributed by atoms with van der Waals surface area (Å²) in [5, 5.41) is 3.87. The minimum Gasteiger partial charge on any atom is -0.0626 e. The van der Waals surface area contributed by atoms with E-state index in [1.807, 2.05) is 0 Å². The van der Waals surface area contributed by atoms with Crippen LogP contribution in [0.5, 0.6) is 0 Å². The second-order valence-corrected chi connectivity index (χ2v) is 4.98. The predicted octanol–water partition coefficient (Wildman–Crippen LogP) is 3.28. The number of fused-ring (bicyclic) bond motifs is 3. The standard InChI is InChI=1S/C16H9Si/c17-14-9-8-10-4-3-7-12-11-5-1-2-6-13(11)16(14)15(10)12/h1-9H. The zero-order valence-electron chi connectivity index (χ0n) is 9.20. The molecule has 0 aliphatic heterocycles. The maximum atomic E-state index is 3.74. The molecule has 0 atom stereocenters. The monoisotopic (exact) mass is 229 g/mol. The third kappa shape index (κ3) is 1.07. The van der Waals surface area contributed by atoms with Crippen LogP contribution < -0.4 is 5.19 Å². The number of rotatable bonds is 0. The zero-order valence-corrected chi connectivity index (χ0v) is 10.2. The molecule has 3 aromatic carbocycles. The van der Waals surface area contributed by atoms with Crippen molar-refractivity contribution < 1.29 is 0 Å². The molecule has 0 unspecified atom stereocenters. The second-order valence-electron chi connectivity index (χ2n) is 4.44. The molecule has 0 nitrogen and oxygen atoms in total. The van der Waals surface area contributed by atoms with Crippen molar-refractivity contribution in [3.63, 3.8) is 0 Å². The van der Waals surface area contributed by atoms with Gasteiger partial charge in [-0.05, 0) is 33.0 Å². The minimum atomic E-state index is 1.18. The highest BCUT2D eigenvalue weighted by Crippen LogP contribution is 2.45. The molecule has 1 heteroatoms. The lowest BCUT2D eigenvalue weighted by Gasteiger charge is -2.05. The fourth-order valence-corrected chi connectivity index (χ4v) is 3.16. The lowest BCUT2D eigenvalue weighted by Crippen LogP contribution is -2.04. The SMILES string of the molecule is [Si]c1ccc2cccc3c2c1-c1ccccc1-3. The molecule has 0 amide bonds. The zero-order chi connectivity index (χ0) is 11.4. The van der Waals surface area contributed by atoms with Gasteiger partial charge in [0.1, 0.15) is 0 Å². The Balaban J connectivity index is 2.33. The van der Waals surface area contributed by atoms with Crippen molar-refractivity contribution in [3.8, 4) is 22.3 Å². The minimum absolute atomic E-state index is 1.18. The van der Waals surface area contributed by atoms with E-state index in [9.17, 15) is 0 Å². The normalized spacial score (nSPS) is 11.8. The molecule has 0 saturated heterocycles. The molecule has 0 bridgehead atoms. The lowest BCUT2D eigenvalue weighted by atomic mass is 10.0. The fourth-order valence-electron chi connectivity index (χ4n) is 2.82. The first-order valence-electron chi connectivity index (χ1n) is 5.73. The molecule has 4 rings (SSSR count). The summed E-state index contributed by atoms with van der Waals surface area (Å²) in [5.74, 6) is 0. The summed E-state index contributed by atoms with van der Waals surface area (Å²) < 4.78 is 0. The van der Waals surface area contributed by atoms with Crippen LogP contribution in [0.25, 0.3) is 33.0 Å². The number of hydrogen-bond acceptors (Lipinski definition) is 0. The van der Waals surface area contributed by atoms with Gasteiger partial charge in [0.2, 0.25) is 0 Å². The lowest BCUT2D eigenvalue weighted by molar-refractivity contribution is 1.70. The first kappa shape index (κ1) is 9.20. The highest BCUT2D eigenvalue weighted by atomic mass is 28.1. The van der Waals surface area contributed by atoms with E-state index in [2.05, 4.69) is 64.8 Å². The van der Waals surface area contributed by atoms with E-state index in [4.69, 9.17) is 0 Å². The predicted molar refractivity (Wildman–Crippen MR) is 73.8 cm³/mol. The summed E-state index contributed by atoms with van der Waals surface area (Å²) >= 11 is 0. The van der Waals surface area contributed by atoms with Gasteiger partial charge in [0.25, 0.3) is 0 Å². The van der Waals surface area contributed by atoms with Gasteiger partial charge in [0.05, 0.1) is 10.2 Å². The topological polar surface area (TPSA) is 0 Å². The molecule has 77 valence electrons. The van der Waals surface area contributed by atoms with Crippen molar-refractivity contribution in [2.45, 2.75) is 0 Å². The van der Waals surface area contributed by atoms with Crippen molar-refractivity contribution in [2.24, 2.45) is 0 Å². The van der Waals surface area contributed by atoms with Gasteiger partial charge in [-0.1, -0.05) is 59.8 Å². The molecule has 0 fully saturated rings. The number of benzene rings is 3. The average Bonchev–Trinajstić information content (AvgIpc) is 2.71. The van der Waals surface area contributed by atoms with E-state index in [0.717, 1.165) is 0 Å². The molecule has 1 aliphatic carbocycles. The third-order valence-corrected chi connectivity index (χ3v) is 3.95. The first-order valence-corrected chi connectivity index (χ1v) is 6.23. The van der Waals surface area contributed by atoms with E-state index >= 15 is 0 Å². The van der Waals surface area contributed by atoms with Crippen molar-refractivity contribution in [2.75, 3.05) is 0 Å². The Bertz CT molecular complexity index is 757. The van der Waals surface area contributed by atoms with Gasteiger partial charge in [0, 0.05) is 0 Å². The molecule has 3 radical (unpaired) electrons. The molecule has 0 saturated carbocycles. The maximum Gasteiger partial charge on any atom is 0.0720 e. The van der Waals surface area contributed by atoms with E-state index in [1.54, 1.807) is 0 Å². The van der Waals surface area contributed by atoms with E-state index in [1.165, 1.54) is 38.2 Å². The Morgan fingerprint density at radius 1 is 0.647 bits per heavy atom. The van der Waals surface area contributed by atoms with Crippen LogP contribution in [0.1, 0.15) is 0 Å². The Morgan fingerprint density at radius 3 is 2.29 bits per heavy atom. The van der Waals surface area contributed by atoms with E-state index < -0.39 is 0 Å². The van der Waals surface area contributed by atoms with Crippen LogP contribution in [0.3, 0.4) is 0 Å². The molecule has 17 heavy (non-hydrogen) atoms. The summed E-state index contributed by atoms with van der Waals surface area (Å²) in [5.41, 5.74) is 5.38. The van der Waals surface area contributed by atoms with Gasteiger partial charge < -0.3 is 0 Å². The second kappa shape index (κ2) is 3.08. The van der Waals surface area contributed by atoms with Crippen LogP contribution in [0, 0.1) is 0 Å². The molecular weight excluding hydrogens is 220 g/mol. The smallest absolute Gasteiger partial charge is 0.0626 e. The first-order chi connectivity index (χ1) is 8.36. The van der Waals surface area contributed by atoms with E-state index in [-0.39, 0.29) is 0 Å². The highest BCUT2D eigenvalue weighted by molar-refractivity contribution is 6.40. The van der Waals surface area contributed by atoms with Gasteiger partial charge in [-0.3, -0.25) is 0 Å². The quantitative estimate of drug-likeness (QED) is 0.406. The summed E-state index contributed by atoms with van der Waals surface area (Å²) in [7, 11) is 3.74. The van der Waals surface area contributed by atoms with Crippen LogP contribution in [0.15, 0.2) is 54.6 Å². The molecule has 0 heterocycles. The molecule has 0 N–H and O–H groups in total. The van der Waals surface area contributed by atoms with Crippen molar-refractivity contribution in [3.05, 3.63) is 54.6 Å². The largest absolute Gasteiger partial charge is 0.0720 e. The van der Waals surface area contributed by atoms with Crippen LogP contribution in [-0.4, -0.2) is 10.2 Å². The van der Waals surface area contributed by atoms with Gasteiger partial charge in [-0.2, -0.15) is 0 Å². The van der Waals surface area contributed by atoms with Gasteiger partial charge in [0.15, 0.2) is 0 Å². The van der Waals surface area contributed by atoms with Gasteiger partial charge >= 0.3 is 0 Å². The van der Waals surface area contributed by atoms with Crippen LogP contribution in [-0.2, 0) is 0 Å². The van der Waals surface area contributed by atoms with Crippen molar-refractivity contribution in [1.82, 2.24) is 0 Å². The van der Waals surface area contributed by atoms with Gasteiger partial charge in [-0.25, -0.2) is 0 Å². The van der Waals surface area contributed by atoms with Crippen molar-refractivity contribution >= 4 is 26.2 Å². The molecule has 0 spiro atoms. The summed E-state index contributed by atoms with van der Waals surface area (Å²) in [6, 6.07) is 19.5. The summed E-state index contributed by atoms with van der Waals surface area (Å²) in [6.07, 6.45) is 0. The van der Waals surface area contributed by atoms with Crippen LogP contribution in [0.4, 0.5) is 0 Å². The number of hydrogen-bond donors (Lipinski definition) is 0. The Morgan fingerprint density at radius 2 is 1.41 bits per heavy atom. The molecule has 1 aliphatic rings. The van der Waals surface area contributed by atoms with Crippen molar-refractivity contribution in [1.29, 1.82) is 0 Å². The molecule has 0 aromatic heterocycles. The molecule has 3 aromatic rings.